The van der Waals surface area contributed by atoms with Gasteiger partial charge in [0.2, 0.25) is 0 Å². The average Bonchev–Trinajstić information content (AvgIpc) is 2.91. The van der Waals surface area contributed by atoms with Crippen LogP contribution in [-0.4, -0.2) is 30.6 Å². The predicted molar refractivity (Wildman–Crippen MR) is 55.3 cm³/mol. The topological polar surface area (TPSA) is 83.1 Å². The molecule has 0 saturated heterocycles. The summed E-state index contributed by atoms with van der Waals surface area (Å²) in [5, 5.41) is 16.9. The van der Waals surface area contributed by atoms with Crippen LogP contribution in [0.4, 0.5) is 0 Å². The maximum Gasteiger partial charge on any atom is 0.137 e. The number of aromatic nitrogens is 6. The third-order valence-electron chi connectivity index (χ3n) is 1.61. The van der Waals surface area contributed by atoms with Crippen molar-refractivity contribution in [3.05, 3.63) is 35.9 Å². The van der Waals surface area contributed by atoms with Crippen molar-refractivity contribution in [2.75, 3.05) is 0 Å². The van der Waals surface area contributed by atoms with E-state index in [9.17, 15) is 0 Å². The number of nitrogens with zero attached hydrogens (tertiary/aromatic N) is 4. The van der Waals surface area contributed by atoms with E-state index < -0.39 is 0 Å². The van der Waals surface area contributed by atoms with Gasteiger partial charge in [0.25, 0.3) is 0 Å². The van der Waals surface area contributed by atoms with Gasteiger partial charge in [-0.25, -0.2) is 4.98 Å². The molecule has 2 N–H and O–H groups in total. The zero-order valence-corrected chi connectivity index (χ0v) is 10.1. The van der Waals surface area contributed by atoms with Crippen molar-refractivity contribution < 1.29 is 22.4 Å². The Balaban J connectivity index is 0.000000183. The number of rotatable bonds is 0. The summed E-state index contributed by atoms with van der Waals surface area (Å²) in [4.78, 5) is 3.56. The molecule has 1 radical (unpaired) electrons. The fraction of sp³-hybridized carbons (Fsp3) is 0. The van der Waals surface area contributed by atoms with Crippen molar-refractivity contribution in [2.24, 2.45) is 0 Å². The summed E-state index contributed by atoms with van der Waals surface area (Å²) in [5.41, 5.74) is 1.64. The fourth-order valence-electron chi connectivity index (χ4n) is 0.980. The quantitative estimate of drug-likeness (QED) is 0.611. The van der Waals surface area contributed by atoms with Gasteiger partial charge in [-0.15, -0.1) is 0 Å². The van der Waals surface area contributed by atoms with Crippen molar-refractivity contribution in [1.29, 1.82) is 0 Å². The van der Waals surface area contributed by atoms with Gasteiger partial charge in [-0.05, 0) is 18.2 Å². The molecular weight excluding hydrogens is 323 g/mol. The first-order chi connectivity index (χ1) is 7.36. The van der Waals surface area contributed by atoms with Crippen LogP contribution in [0.25, 0.3) is 11.0 Å². The maximum atomic E-state index is 5.69. The maximum absolute atomic E-state index is 5.69. The Morgan fingerprint density at radius 2 is 1.94 bits per heavy atom. The van der Waals surface area contributed by atoms with E-state index in [-0.39, 0.29) is 22.4 Å². The van der Waals surface area contributed by atoms with Crippen LogP contribution >= 0.6 is 11.6 Å². The molecule has 0 saturated carbocycles. The summed E-state index contributed by atoms with van der Waals surface area (Å²) >= 11 is 5.69. The molecule has 6 nitrogen and oxygen atoms in total. The monoisotopic (exact) mass is 329 g/mol. The summed E-state index contributed by atoms with van der Waals surface area (Å²) in [6.45, 7) is 0. The van der Waals surface area contributed by atoms with Crippen LogP contribution in [0.15, 0.2) is 30.9 Å². The van der Waals surface area contributed by atoms with Crippen molar-refractivity contribution in [3.8, 4) is 0 Å². The van der Waals surface area contributed by atoms with Crippen molar-refractivity contribution in [3.63, 3.8) is 0 Å². The van der Waals surface area contributed by atoms with E-state index >= 15 is 0 Å². The van der Waals surface area contributed by atoms with Crippen molar-refractivity contribution in [1.82, 2.24) is 30.6 Å². The first kappa shape index (κ1) is 12.9. The Labute approximate surface area is 111 Å². The van der Waals surface area contributed by atoms with Gasteiger partial charge >= 0.3 is 0 Å². The Bertz CT molecular complexity index is 505. The molecule has 16 heavy (non-hydrogen) atoms. The van der Waals surface area contributed by atoms with Gasteiger partial charge in [0.1, 0.15) is 23.7 Å². The third kappa shape index (κ3) is 3.42. The van der Waals surface area contributed by atoms with Crippen LogP contribution in [0.2, 0.25) is 5.02 Å². The fourth-order valence-corrected chi connectivity index (χ4v) is 1.15. The second-order valence-corrected chi connectivity index (χ2v) is 3.04. The second kappa shape index (κ2) is 6.39. The van der Waals surface area contributed by atoms with Crippen molar-refractivity contribution >= 4 is 22.6 Å². The van der Waals surface area contributed by atoms with Crippen LogP contribution in [0.5, 0.6) is 0 Å². The molecule has 3 rings (SSSR count). The van der Waals surface area contributed by atoms with Crippen LogP contribution in [0.1, 0.15) is 0 Å². The summed E-state index contributed by atoms with van der Waals surface area (Å²) in [7, 11) is 0. The molecule has 0 atom stereocenters. The second-order valence-electron chi connectivity index (χ2n) is 2.61. The molecular formula is C8H7AgClN6. The zero-order valence-electron chi connectivity index (χ0n) is 7.86. The van der Waals surface area contributed by atoms with E-state index in [2.05, 4.69) is 30.6 Å². The number of hydrogen-bond acceptors (Lipinski definition) is 4. The van der Waals surface area contributed by atoms with Crippen LogP contribution in [0.3, 0.4) is 0 Å². The number of hydrogen-bond donors (Lipinski definition) is 2. The van der Waals surface area contributed by atoms with Crippen LogP contribution in [-0.2, 0) is 22.4 Å². The smallest absolute Gasteiger partial charge is 0.137 e. The minimum Gasteiger partial charge on any atom is -0.266 e. The minimum absolute atomic E-state index is 0. The Morgan fingerprint density at radius 3 is 2.56 bits per heavy atom. The average molecular weight is 331 g/mol. The van der Waals surface area contributed by atoms with E-state index in [1.807, 2.05) is 6.07 Å². The van der Waals surface area contributed by atoms with Crippen molar-refractivity contribution in [2.45, 2.75) is 0 Å². The van der Waals surface area contributed by atoms with E-state index in [0.29, 0.717) is 5.02 Å². The van der Waals surface area contributed by atoms with Crippen LogP contribution < -0.4 is 0 Å². The van der Waals surface area contributed by atoms with Gasteiger partial charge in [-0.2, -0.15) is 20.5 Å². The van der Waals surface area contributed by atoms with Gasteiger partial charge in [0.15, 0.2) is 0 Å². The molecule has 0 amide bonds. The predicted octanol–water partition coefficient (Wildman–Crippen LogP) is 1.41. The number of halogens is 1. The summed E-state index contributed by atoms with van der Waals surface area (Å²) in [5.74, 6) is 0. The SMILES string of the molecule is Clc1ccc2n[nH]nc2c1.[Ag].c1nc[nH]n1. The third-order valence-corrected chi connectivity index (χ3v) is 1.84. The summed E-state index contributed by atoms with van der Waals surface area (Å²) in [6, 6.07) is 5.37. The molecule has 1 aromatic carbocycles. The molecule has 2 aromatic heterocycles. The molecule has 0 aliphatic carbocycles. The first-order valence-electron chi connectivity index (χ1n) is 4.11. The molecule has 0 fully saturated rings. The molecule has 0 bridgehead atoms. The van der Waals surface area contributed by atoms with Gasteiger partial charge in [0.05, 0.1) is 0 Å². The molecule has 0 aliphatic rings. The molecule has 2 heterocycles. The summed E-state index contributed by atoms with van der Waals surface area (Å²) < 4.78 is 0. The standard InChI is InChI=1S/C6H4ClN3.C2H3N3.Ag/c7-4-1-2-5-6(3-4)9-10-8-5;1-3-2-5-4-1;/h1-3H,(H,8,9,10);1-2H,(H,3,4,5);. The number of H-pyrrole nitrogens is 2. The van der Waals surface area contributed by atoms with Gasteiger partial charge < -0.3 is 0 Å². The first-order valence-corrected chi connectivity index (χ1v) is 4.49. The number of benzene rings is 1. The van der Waals surface area contributed by atoms with Crippen LogP contribution in [0, 0.1) is 0 Å². The van der Waals surface area contributed by atoms with Gasteiger partial charge in [-0.3, -0.25) is 5.10 Å². The molecule has 0 unspecified atom stereocenters. The number of aromatic amines is 2. The summed E-state index contributed by atoms with van der Waals surface area (Å²) in [6.07, 6.45) is 2.96. The number of fused-ring (bicyclic) bond motifs is 1. The molecule has 87 valence electrons. The largest absolute Gasteiger partial charge is 0.266 e. The Hall–Kier alpha value is -1.21. The molecule has 0 aliphatic heterocycles. The molecule has 8 heteroatoms. The zero-order chi connectivity index (χ0) is 10.5. The molecule has 0 spiro atoms. The van der Waals surface area contributed by atoms with Gasteiger partial charge in [0, 0.05) is 27.4 Å². The van der Waals surface area contributed by atoms with E-state index in [1.165, 1.54) is 12.7 Å². The molecule has 3 aromatic rings. The normalized spacial score (nSPS) is 9.06. The van der Waals surface area contributed by atoms with E-state index in [1.54, 1.807) is 12.1 Å². The number of nitrogens with one attached hydrogen (secondary N) is 2. The van der Waals surface area contributed by atoms with E-state index in [4.69, 9.17) is 11.6 Å². The Kier molecular flexibility index (Phi) is 5.13. The minimum atomic E-state index is 0. The Morgan fingerprint density at radius 1 is 1.12 bits per heavy atom. The van der Waals surface area contributed by atoms with E-state index in [0.717, 1.165) is 11.0 Å². The van der Waals surface area contributed by atoms with Gasteiger partial charge in [-0.1, -0.05) is 11.6 Å².